The summed E-state index contributed by atoms with van der Waals surface area (Å²) in [7, 11) is 0. The molecule has 0 radical (unpaired) electrons. The molecule has 1 aliphatic heterocycles. The van der Waals surface area contributed by atoms with Crippen molar-refractivity contribution < 1.29 is 0 Å². The average Bonchev–Trinajstić information content (AvgIpc) is 2.85. The third kappa shape index (κ3) is 2.21. The maximum atomic E-state index is 11.7. The van der Waals surface area contributed by atoms with Gasteiger partial charge in [-0.3, -0.25) is 0 Å². The maximum Gasteiger partial charge on any atom is 0.347 e. The molecule has 19 heavy (non-hydrogen) atoms. The lowest BCUT2D eigenvalue weighted by atomic mass is 10.1. The number of rotatable bonds is 2. The summed E-state index contributed by atoms with van der Waals surface area (Å²) in [6, 6.07) is 6.05. The summed E-state index contributed by atoms with van der Waals surface area (Å²) in [6.45, 7) is 4.51. The van der Waals surface area contributed by atoms with Gasteiger partial charge < -0.3 is 15.6 Å². The van der Waals surface area contributed by atoms with Crippen LogP contribution in [0.2, 0.25) is 0 Å². The lowest BCUT2D eigenvalue weighted by Crippen LogP contribution is -2.26. The van der Waals surface area contributed by atoms with E-state index < -0.39 is 0 Å². The predicted molar refractivity (Wildman–Crippen MR) is 76.5 cm³/mol. The highest BCUT2D eigenvalue weighted by atomic mass is 16.1. The minimum Gasteiger partial charge on any atom is -0.356 e. The van der Waals surface area contributed by atoms with Gasteiger partial charge in [0, 0.05) is 18.5 Å². The van der Waals surface area contributed by atoms with Crippen LogP contribution in [0.15, 0.2) is 23.0 Å². The SMILES string of the molecule is Cc1ccc2c(N3CCC(CN)C3)nc(=O)[nH]c2c1. The molecule has 1 saturated heterocycles. The van der Waals surface area contributed by atoms with Crippen LogP contribution in [0.1, 0.15) is 12.0 Å². The minimum atomic E-state index is -0.288. The van der Waals surface area contributed by atoms with Crippen LogP contribution in [-0.2, 0) is 0 Å². The van der Waals surface area contributed by atoms with Gasteiger partial charge in [0.1, 0.15) is 5.82 Å². The van der Waals surface area contributed by atoms with E-state index in [1.807, 2.05) is 25.1 Å². The van der Waals surface area contributed by atoms with Gasteiger partial charge in [-0.05, 0) is 43.5 Å². The zero-order chi connectivity index (χ0) is 13.4. The number of aromatic nitrogens is 2. The Morgan fingerprint density at radius 2 is 2.37 bits per heavy atom. The molecule has 1 aliphatic rings. The van der Waals surface area contributed by atoms with Crippen LogP contribution in [0.4, 0.5) is 5.82 Å². The fourth-order valence-electron chi connectivity index (χ4n) is 2.71. The van der Waals surface area contributed by atoms with E-state index in [1.54, 1.807) is 0 Å². The lowest BCUT2D eigenvalue weighted by Gasteiger charge is -2.18. The van der Waals surface area contributed by atoms with Gasteiger partial charge in [0.05, 0.1) is 5.52 Å². The standard InChI is InChI=1S/C14H18N4O/c1-9-2-3-11-12(6-9)16-14(19)17-13(11)18-5-4-10(7-15)8-18/h2-3,6,10H,4-5,7-8,15H2,1H3,(H,16,17,19). The highest BCUT2D eigenvalue weighted by Gasteiger charge is 2.24. The van der Waals surface area contributed by atoms with Crippen molar-refractivity contribution in [2.24, 2.45) is 11.7 Å². The smallest absolute Gasteiger partial charge is 0.347 e. The molecular weight excluding hydrogens is 240 g/mol. The molecule has 0 spiro atoms. The number of benzene rings is 1. The first-order chi connectivity index (χ1) is 9.17. The van der Waals surface area contributed by atoms with Crippen LogP contribution in [0.3, 0.4) is 0 Å². The minimum absolute atomic E-state index is 0.288. The Balaban J connectivity index is 2.10. The van der Waals surface area contributed by atoms with E-state index >= 15 is 0 Å². The largest absolute Gasteiger partial charge is 0.356 e. The predicted octanol–water partition coefficient (Wildman–Crippen LogP) is 1.02. The third-order valence-electron chi connectivity index (χ3n) is 3.78. The molecule has 0 aliphatic carbocycles. The summed E-state index contributed by atoms with van der Waals surface area (Å²) in [5.74, 6) is 1.29. The first-order valence-corrected chi connectivity index (χ1v) is 6.63. The van der Waals surface area contributed by atoms with Crippen LogP contribution in [0, 0.1) is 12.8 Å². The van der Waals surface area contributed by atoms with Gasteiger partial charge in [0.15, 0.2) is 0 Å². The number of nitrogens with zero attached hydrogens (tertiary/aromatic N) is 2. The molecule has 1 atom stereocenters. The van der Waals surface area contributed by atoms with E-state index in [0.717, 1.165) is 41.8 Å². The van der Waals surface area contributed by atoms with Gasteiger partial charge in [-0.25, -0.2) is 4.79 Å². The summed E-state index contributed by atoms with van der Waals surface area (Å²) >= 11 is 0. The Morgan fingerprint density at radius 1 is 1.53 bits per heavy atom. The maximum absolute atomic E-state index is 11.7. The molecule has 3 rings (SSSR count). The number of anilines is 1. The second kappa shape index (κ2) is 4.66. The van der Waals surface area contributed by atoms with Gasteiger partial charge in [0.2, 0.25) is 0 Å². The van der Waals surface area contributed by atoms with Gasteiger partial charge in [-0.1, -0.05) is 6.07 Å². The molecule has 3 N–H and O–H groups in total. The number of aryl methyl sites for hydroxylation is 1. The second-order valence-electron chi connectivity index (χ2n) is 5.25. The lowest BCUT2D eigenvalue weighted by molar-refractivity contribution is 0.602. The summed E-state index contributed by atoms with van der Waals surface area (Å²) in [5.41, 5.74) is 7.41. The van der Waals surface area contributed by atoms with Crippen LogP contribution in [0.25, 0.3) is 10.9 Å². The van der Waals surface area contributed by atoms with Crippen molar-refractivity contribution >= 4 is 16.7 Å². The molecule has 2 aromatic rings. The highest BCUT2D eigenvalue weighted by Crippen LogP contribution is 2.27. The number of hydrogen-bond donors (Lipinski definition) is 2. The normalized spacial score (nSPS) is 19.3. The van der Waals surface area contributed by atoms with Crippen molar-refractivity contribution in [1.82, 2.24) is 9.97 Å². The molecule has 5 heteroatoms. The number of nitrogens with two attached hydrogens (primary N) is 1. The van der Waals surface area contributed by atoms with Crippen molar-refractivity contribution in [3.05, 3.63) is 34.2 Å². The first kappa shape index (κ1) is 12.2. The summed E-state index contributed by atoms with van der Waals surface area (Å²) in [6.07, 6.45) is 1.07. The molecule has 1 aromatic heterocycles. The first-order valence-electron chi connectivity index (χ1n) is 6.63. The van der Waals surface area contributed by atoms with Crippen molar-refractivity contribution in [3.63, 3.8) is 0 Å². The molecule has 1 unspecified atom stereocenters. The van der Waals surface area contributed by atoms with Gasteiger partial charge in [0.25, 0.3) is 0 Å². The molecule has 100 valence electrons. The van der Waals surface area contributed by atoms with Crippen molar-refractivity contribution in [3.8, 4) is 0 Å². The molecule has 5 nitrogen and oxygen atoms in total. The molecule has 0 bridgehead atoms. The summed E-state index contributed by atoms with van der Waals surface area (Å²) < 4.78 is 0. The van der Waals surface area contributed by atoms with Gasteiger partial charge in [-0.2, -0.15) is 4.98 Å². The monoisotopic (exact) mass is 258 g/mol. The molecule has 2 heterocycles. The molecule has 0 amide bonds. The van der Waals surface area contributed by atoms with E-state index in [4.69, 9.17) is 5.73 Å². The quantitative estimate of drug-likeness (QED) is 0.843. The van der Waals surface area contributed by atoms with E-state index in [0.29, 0.717) is 12.5 Å². The van der Waals surface area contributed by atoms with Gasteiger partial charge >= 0.3 is 5.69 Å². The van der Waals surface area contributed by atoms with E-state index in [1.165, 1.54) is 0 Å². The van der Waals surface area contributed by atoms with E-state index in [2.05, 4.69) is 14.9 Å². The zero-order valence-electron chi connectivity index (χ0n) is 11.0. The second-order valence-corrected chi connectivity index (χ2v) is 5.25. The topological polar surface area (TPSA) is 75.0 Å². The number of fused-ring (bicyclic) bond motifs is 1. The summed E-state index contributed by atoms with van der Waals surface area (Å²) in [4.78, 5) is 20.8. The molecule has 0 saturated carbocycles. The summed E-state index contributed by atoms with van der Waals surface area (Å²) in [5, 5.41) is 1.00. The van der Waals surface area contributed by atoms with Crippen LogP contribution in [0.5, 0.6) is 0 Å². The van der Waals surface area contributed by atoms with Crippen molar-refractivity contribution in [2.45, 2.75) is 13.3 Å². The van der Waals surface area contributed by atoms with Crippen molar-refractivity contribution in [1.29, 1.82) is 0 Å². The van der Waals surface area contributed by atoms with E-state index in [9.17, 15) is 4.79 Å². The van der Waals surface area contributed by atoms with Crippen LogP contribution >= 0.6 is 0 Å². The molecule has 1 aromatic carbocycles. The number of aromatic amines is 1. The Kier molecular flexibility index (Phi) is 2.98. The number of H-pyrrole nitrogens is 1. The zero-order valence-corrected chi connectivity index (χ0v) is 11.0. The Hall–Kier alpha value is -1.88. The number of hydrogen-bond acceptors (Lipinski definition) is 4. The Labute approximate surface area is 111 Å². The Morgan fingerprint density at radius 3 is 3.11 bits per heavy atom. The fraction of sp³-hybridized carbons (Fsp3) is 0.429. The number of nitrogens with one attached hydrogen (secondary N) is 1. The molecular formula is C14H18N4O. The van der Waals surface area contributed by atoms with E-state index in [-0.39, 0.29) is 5.69 Å². The average molecular weight is 258 g/mol. The third-order valence-corrected chi connectivity index (χ3v) is 3.78. The molecule has 1 fully saturated rings. The fourth-order valence-corrected chi connectivity index (χ4v) is 2.71. The highest BCUT2D eigenvalue weighted by molar-refractivity contribution is 5.89. The van der Waals surface area contributed by atoms with Crippen LogP contribution in [-0.4, -0.2) is 29.6 Å². The Bertz CT molecular complexity index is 664. The van der Waals surface area contributed by atoms with Gasteiger partial charge in [-0.15, -0.1) is 0 Å². The van der Waals surface area contributed by atoms with Crippen molar-refractivity contribution in [2.75, 3.05) is 24.5 Å². The van der Waals surface area contributed by atoms with Crippen LogP contribution < -0.4 is 16.3 Å².